The number of nitrogens with zero attached hydrogens (tertiary/aromatic N) is 2. The van der Waals surface area contributed by atoms with Crippen LogP contribution in [0.25, 0.3) is 0 Å². The van der Waals surface area contributed by atoms with E-state index in [1.54, 1.807) is 0 Å². The molecule has 0 radical (unpaired) electrons. The van der Waals surface area contributed by atoms with Gasteiger partial charge >= 0.3 is 0 Å². The first-order chi connectivity index (χ1) is 7.11. The predicted octanol–water partition coefficient (Wildman–Crippen LogP) is 2.16. The van der Waals surface area contributed by atoms with Crippen LogP contribution in [0.3, 0.4) is 0 Å². The summed E-state index contributed by atoms with van der Waals surface area (Å²) in [5.74, 6) is 1.31. The highest BCUT2D eigenvalue weighted by Crippen LogP contribution is 2.16. The third kappa shape index (κ3) is 4.04. The van der Waals surface area contributed by atoms with Crippen molar-refractivity contribution in [2.24, 2.45) is 13.0 Å². The highest BCUT2D eigenvalue weighted by atomic mass is 15.3. The summed E-state index contributed by atoms with van der Waals surface area (Å²) in [6.07, 6.45) is 3.04. The molecule has 86 valence electrons. The van der Waals surface area contributed by atoms with Gasteiger partial charge in [0.25, 0.3) is 0 Å². The van der Waals surface area contributed by atoms with Crippen LogP contribution in [0.5, 0.6) is 0 Å². The van der Waals surface area contributed by atoms with Crippen LogP contribution in [-0.2, 0) is 7.05 Å². The van der Waals surface area contributed by atoms with Crippen LogP contribution in [0.4, 0.5) is 0 Å². The van der Waals surface area contributed by atoms with E-state index in [4.69, 9.17) is 0 Å². The van der Waals surface area contributed by atoms with Gasteiger partial charge in [0.05, 0.1) is 0 Å². The van der Waals surface area contributed by atoms with Crippen molar-refractivity contribution in [1.82, 2.24) is 15.1 Å². The van der Waals surface area contributed by atoms with Crippen molar-refractivity contribution in [3.63, 3.8) is 0 Å². The molecule has 3 nitrogen and oxygen atoms in total. The van der Waals surface area contributed by atoms with Crippen molar-refractivity contribution >= 4 is 0 Å². The molecule has 0 aliphatic heterocycles. The first-order valence-corrected chi connectivity index (χ1v) is 5.80. The summed E-state index contributed by atoms with van der Waals surface area (Å²) in [5.41, 5.74) is 1.32. The number of aromatic nitrogens is 2. The molecule has 0 aliphatic rings. The Labute approximate surface area is 92.9 Å². The molecule has 0 aromatic carbocycles. The zero-order chi connectivity index (χ0) is 11.3. The molecule has 1 atom stereocenters. The van der Waals surface area contributed by atoms with Crippen LogP contribution in [0.15, 0.2) is 12.3 Å². The second-order valence-electron chi connectivity index (χ2n) is 4.67. The van der Waals surface area contributed by atoms with Gasteiger partial charge in [-0.3, -0.25) is 4.68 Å². The summed E-state index contributed by atoms with van der Waals surface area (Å²) in [4.78, 5) is 0. The Bertz CT molecular complexity index is 278. The van der Waals surface area contributed by atoms with Gasteiger partial charge in [0.15, 0.2) is 0 Å². The van der Waals surface area contributed by atoms with Gasteiger partial charge in [0.1, 0.15) is 0 Å². The number of rotatable bonds is 6. The van der Waals surface area contributed by atoms with Crippen molar-refractivity contribution < 1.29 is 0 Å². The van der Waals surface area contributed by atoms with Crippen LogP contribution in [0.1, 0.15) is 38.8 Å². The largest absolute Gasteiger partial charge is 0.316 e. The second-order valence-corrected chi connectivity index (χ2v) is 4.67. The van der Waals surface area contributed by atoms with Gasteiger partial charge in [-0.1, -0.05) is 20.8 Å². The molecular weight excluding hydrogens is 186 g/mol. The highest BCUT2D eigenvalue weighted by molar-refractivity contribution is 5.06. The summed E-state index contributed by atoms with van der Waals surface area (Å²) in [6, 6.07) is 2.10. The molecule has 1 heterocycles. The molecular formula is C12H23N3. The molecule has 0 fully saturated rings. The summed E-state index contributed by atoms with van der Waals surface area (Å²) in [5, 5.41) is 7.66. The van der Waals surface area contributed by atoms with E-state index in [1.807, 2.05) is 17.9 Å². The molecule has 0 amide bonds. The molecule has 0 saturated carbocycles. The van der Waals surface area contributed by atoms with Gasteiger partial charge < -0.3 is 5.32 Å². The van der Waals surface area contributed by atoms with Crippen LogP contribution in [-0.4, -0.2) is 22.9 Å². The number of nitrogens with one attached hydrogen (secondary N) is 1. The minimum absolute atomic E-state index is 0.581. The van der Waals surface area contributed by atoms with Crippen molar-refractivity contribution in [2.75, 3.05) is 13.1 Å². The Morgan fingerprint density at radius 3 is 2.67 bits per heavy atom. The fraction of sp³-hybridized carbons (Fsp3) is 0.750. The lowest BCUT2D eigenvalue weighted by Crippen LogP contribution is -2.22. The van der Waals surface area contributed by atoms with E-state index in [1.165, 1.54) is 12.1 Å². The monoisotopic (exact) mass is 209 g/mol. The van der Waals surface area contributed by atoms with Crippen LogP contribution < -0.4 is 5.32 Å². The predicted molar refractivity (Wildman–Crippen MR) is 63.9 cm³/mol. The quantitative estimate of drug-likeness (QED) is 0.728. The van der Waals surface area contributed by atoms with Gasteiger partial charge in [0.2, 0.25) is 0 Å². The lowest BCUT2D eigenvalue weighted by Gasteiger charge is -2.13. The van der Waals surface area contributed by atoms with E-state index in [0.717, 1.165) is 19.0 Å². The Morgan fingerprint density at radius 2 is 2.13 bits per heavy atom. The molecule has 3 heteroatoms. The average Bonchev–Trinajstić information content (AvgIpc) is 2.58. The van der Waals surface area contributed by atoms with E-state index in [0.29, 0.717) is 5.92 Å². The maximum Gasteiger partial charge on any atom is 0.0492 e. The fourth-order valence-corrected chi connectivity index (χ4v) is 1.72. The first kappa shape index (κ1) is 12.2. The normalized spacial score (nSPS) is 13.4. The second kappa shape index (κ2) is 5.91. The average molecular weight is 209 g/mol. The van der Waals surface area contributed by atoms with Crippen LogP contribution in [0.2, 0.25) is 0 Å². The molecule has 1 unspecified atom stereocenters. The fourth-order valence-electron chi connectivity index (χ4n) is 1.72. The first-order valence-electron chi connectivity index (χ1n) is 5.80. The molecule has 1 N–H and O–H groups in total. The summed E-state index contributed by atoms with van der Waals surface area (Å²) in [7, 11) is 2.01. The van der Waals surface area contributed by atoms with Crippen LogP contribution >= 0.6 is 0 Å². The van der Waals surface area contributed by atoms with E-state index in [2.05, 4.69) is 37.3 Å². The lowest BCUT2D eigenvalue weighted by atomic mass is 10.0. The molecule has 0 spiro atoms. The van der Waals surface area contributed by atoms with Gasteiger partial charge in [-0.2, -0.15) is 5.10 Å². The van der Waals surface area contributed by atoms with E-state index in [-0.39, 0.29) is 0 Å². The lowest BCUT2D eigenvalue weighted by molar-refractivity contribution is 0.513. The molecule has 1 aromatic rings. The Balaban J connectivity index is 2.25. The van der Waals surface area contributed by atoms with E-state index < -0.39 is 0 Å². The molecule has 15 heavy (non-hydrogen) atoms. The van der Waals surface area contributed by atoms with E-state index >= 15 is 0 Å². The number of hydrogen-bond acceptors (Lipinski definition) is 2. The molecule has 1 aromatic heterocycles. The van der Waals surface area contributed by atoms with Crippen molar-refractivity contribution in [2.45, 2.75) is 33.1 Å². The molecule has 0 aliphatic carbocycles. The third-order valence-electron chi connectivity index (χ3n) is 2.67. The standard InChI is InChI=1S/C12H23N3/c1-10(2)9-13-7-5-11(3)12-6-8-14-15(12)4/h6,8,10-11,13H,5,7,9H2,1-4H3. The van der Waals surface area contributed by atoms with Crippen molar-refractivity contribution in [3.05, 3.63) is 18.0 Å². The van der Waals surface area contributed by atoms with Gasteiger partial charge in [-0.05, 0) is 37.4 Å². The van der Waals surface area contributed by atoms with Crippen molar-refractivity contribution in [1.29, 1.82) is 0 Å². The topological polar surface area (TPSA) is 29.9 Å². The smallest absolute Gasteiger partial charge is 0.0492 e. The van der Waals surface area contributed by atoms with Gasteiger partial charge in [-0.15, -0.1) is 0 Å². The Hall–Kier alpha value is -0.830. The summed E-state index contributed by atoms with van der Waals surface area (Å²) >= 11 is 0. The number of aryl methyl sites for hydroxylation is 1. The summed E-state index contributed by atoms with van der Waals surface area (Å²) < 4.78 is 1.97. The van der Waals surface area contributed by atoms with Crippen LogP contribution in [0, 0.1) is 5.92 Å². The number of hydrogen-bond donors (Lipinski definition) is 1. The molecule has 0 bridgehead atoms. The molecule has 1 rings (SSSR count). The zero-order valence-electron chi connectivity index (χ0n) is 10.3. The summed E-state index contributed by atoms with van der Waals surface area (Å²) in [6.45, 7) is 8.92. The minimum atomic E-state index is 0.581. The zero-order valence-corrected chi connectivity index (χ0v) is 10.3. The maximum absolute atomic E-state index is 4.19. The Kier molecular flexibility index (Phi) is 4.82. The SMILES string of the molecule is CC(C)CNCCC(C)c1ccnn1C. The third-order valence-corrected chi connectivity index (χ3v) is 2.67. The van der Waals surface area contributed by atoms with Crippen molar-refractivity contribution in [3.8, 4) is 0 Å². The Morgan fingerprint density at radius 1 is 1.40 bits per heavy atom. The maximum atomic E-state index is 4.19. The van der Waals surface area contributed by atoms with Gasteiger partial charge in [0, 0.05) is 18.9 Å². The minimum Gasteiger partial charge on any atom is -0.316 e. The van der Waals surface area contributed by atoms with Gasteiger partial charge in [-0.25, -0.2) is 0 Å². The molecule has 0 saturated heterocycles. The highest BCUT2D eigenvalue weighted by Gasteiger charge is 2.08. The van der Waals surface area contributed by atoms with E-state index in [9.17, 15) is 0 Å².